The monoisotopic (exact) mass is 542 g/mol. The highest BCUT2D eigenvalue weighted by molar-refractivity contribution is 14.1. The molecule has 0 heterocycles. The van der Waals surface area contributed by atoms with E-state index >= 15 is 0 Å². The van der Waals surface area contributed by atoms with Gasteiger partial charge in [-0.1, -0.05) is 63.1 Å². The van der Waals surface area contributed by atoms with Gasteiger partial charge in [0.25, 0.3) is 0 Å². The third-order valence-electron chi connectivity index (χ3n) is 11.0. The van der Waals surface area contributed by atoms with Crippen LogP contribution in [0.25, 0.3) is 0 Å². The lowest BCUT2D eigenvalue weighted by molar-refractivity contribution is -0.114. The Balaban J connectivity index is 1.41. The van der Waals surface area contributed by atoms with E-state index in [4.69, 9.17) is 5.73 Å². The summed E-state index contributed by atoms with van der Waals surface area (Å²) >= 11 is 2.87. The van der Waals surface area contributed by atoms with Crippen LogP contribution in [0.15, 0.2) is 0 Å². The van der Waals surface area contributed by atoms with Gasteiger partial charge in [-0.3, -0.25) is 0 Å². The molecule has 4 saturated carbocycles. The molecule has 31 heavy (non-hydrogen) atoms. The maximum atomic E-state index is 5.76. The quantitative estimate of drug-likeness (QED) is 0.252. The fourth-order valence-corrected chi connectivity index (χ4v) is 10.9. The molecule has 180 valence electrons. The third kappa shape index (κ3) is 4.77. The van der Waals surface area contributed by atoms with Crippen LogP contribution in [-0.2, 0) is 0 Å². The van der Waals surface area contributed by atoms with Crippen LogP contribution in [-0.4, -0.2) is 23.1 Å². The van der Waals surface area contributed by atoms with Gasteiger partial charge in [0, 0.05) is 23.1 Å². The van der Waals surface area contributed by atoms with E-state index in [2.05, 4.69) is 55.6 Å². The van der Waals surface area contributed by atoms with Crippen LogP contribution in [0.2, 0.25) is 0 Å². The highest BCUT2D eigenvalue weighted by Crippen LogP contribution is 2.68. The van der Waals surface area contributed by atoms with E-state index in [-0.39, 0.29) is 0 Å². The Hall–Kier alpha value is 0.650. The van der Waals surface area contributed by atoms with Crippen molar-refractivity contribution in [3.05, 3.63) is 0 Å². The number of hydrogen-bond acceptors (Lipinski definition) is 2. The van der Waals surface area contributed by atoms with E-state index in [1.165, 1.54) is 77.0 Å². The van der Waals surface area contributed by atoms with Crippen LogP contribution in [0.1, 0.15) is 105 Å². The Labute approximate surface area is 207 Å². The van der Waals surface area contributed by atoms with Crippen LogP contribution in [0.3, 0.4) is 0 Å². The van der Waals surface area contributed by atoms with Crippen molar-refractivity contribution in [3.63, 3.8) is 0 Å². The highest BCUT2D eigenvalue weighted by Gasteiger charge is 2.60. The molecule has 0 radical (unpaired) electrons. The Morgan fingerprint density at radius 3 is 2.42 bits per heavy atom. The van der Waals surface area contributed by atoms with E-state index in [1.54, 1.807) is 0 Å². The van der Waals surface area contributed by atoms with Crippen LogP contribution < -0.4 is 11.1 Å². The first kappa shape index (κ1) is 24.8. The van der Waals surface area contributed by atoms with Crippen LogP contribution in [0, 0.1) is 46.3 Å². The van der Waals surface area contributed by atoms with Crippen molar-refractivity contribution in [1.29, 1.82) is 0 Å². The molecule has 0 aromatic heterocycles. The van der Waals surface area contributed by atoms with E-state index in [1.807, 2.05) is 0 Å². The largest absolute Gasteiger partial charge is 0.329 e. The number of hydrogen-bond donors (Lipinski definition) is 2. The number of nitrogens with two attached hydrogens (primary N) is 1. The van der Waals surface area contributed by atoms with Gasteiger partial charge < -0.3 is 11.1 Å². The minimum absolute atomic E-state index is 0.615. The Kier molecular flexibility index (Phi) is 8.07. The van der Waals surface area contributed by atoms with Crippen LogP contribution in [0.4, 0.5) is 0 Å². The van der Waals surface area contributed by atoms with Gasteiger partial charge in [-0.25, -0.2) is 0 Å². The summed E-state index contributed by atoms with van der Waals surface area (Å²) in [7, 11) is 0. The molecule has 0 amide bonds. The van der Waals surface area contributed by atoms with E-state index in [9.17, 15) is 0 Å². The van der Waals surface area contributed by atoms with Crippen molar-refractivity contribution in [2.24, 2.45) is 52.1 Å². The molecule has 4 aliphatic carbocycles. The molecule has 0 spiro atoms. The third-order valence-corrected chi connectivity index (χ3v) is 12.5. The molecule has 9 atom stereocenters. The van der Waals surface area contributed by atoms with E-state index in [0.29, 0.717) is 10.8 Å². The summed E-state index contributed by atoms with van der Waals surface area (Å²) in [4.78, 5) is 0. The van der Waals surface area contributed by atoms with Gasteiger partial charge in [-0.2, -0.15) is 0 Å². The zero-order chi connectivity index (χ0) is 22.2. The number of fused-ring (bicyclic) bond motifs is 5. The molecular formula is C28H51IN2. The summed E-state index contributed by atoms with van der Waals surface area (Å²) in [5.74, 6) is 5.84. The topological polar surface area (TPSA) is 38.0 Å². The smallest absolute Gasteiger partial charge is 0.0143 e. The average Bonchev–Trinajstić information content (AvgIpc) is 3.09. The van der Waals surface area contributed by atoms with Gasteiger partial charge in [-0.05, 0) is 111 Å². The summed E-state index contributed by atoms with van der Waals surface area (Å²) in [6, 6.07) is 0.730. The van der Waals surface area contributed by atoms with Gasteiger partial charge in [0.1, 0.15) is 0 Å². The summed E-state index contributed by atoms with van der Waals surface area (Å²) in [6.07, 6.45) is 17.7. The van der Waals surface area contributed by atoms with Gasteiger partial charge >= 0.3 is 0 Å². The summed E-state index contributed by atoms with van der Waals surface area (Å²) in [6.45, 7) is 12.0. The summed E-state index contributed by atoms with van der Waals surface area (Å²) < 4.78 is 0.902. The Morgan fingerprint density at radius 1 is 0.935 bits per heavy atom. The van der Waals surface area contributed by atoms with Gasteiger partial charge in [-0.15, -0.1) is 0 Å². The standard InChI is InChI=1S/C28H51IN2/c1-19(2)6-5-7-26(29)25-11-10-23-22-9-8-20-18-21(31-17-16-30)12-14-27(20,3)24(22)13-15-28(23,25)4/h19-26,31H,5-18,30H2,1-4H3/t20-,21-,22?,23?,24?,25+,26+,27-,28-/m0/s1. The fourth-order valence-electron chi connectivity index (χ4n) is 9.29. The zero-order valence-corrected chi connectivity index (χ0v) is 23.1. The Morgan fingerprint density at radius 2 is 1.68 bits per heavy atom. The lowest BCUT2D eigenvalue weighted by atomic mass is 9.44. The van der Waals surface area contributed by atoms with Gasteiger partial charge in [0.05, 0.1) is 0 Å². The molecule has 4 fully saturated rings. The second kappa shape index (κ2) is 10.1. The van der Waals surface area contributed by atoms with Crippen molar-refractivity contribution >= 4 is 22.6 Å². The summed E-state index contributed by atoms with van der Waals surface area (Å²) in [5.41, 5.74) is 7.01. The maximum Gasteiger partial charge on any atom is 0.0143 e. The first-order valence-electron chi connectivity index (χ1n) is 13.9. The molecule has 0 aromatic rings. The first-order valence-corrected chi connectivity index (χ1v) is 15.1. The molecule has 0 bridgehead atoms. The van der Waals surface area contributed by atoms with Crippen molar-refractivity contribution in [1.82, 2.24) is 5.32 Å². The number of nitrogens with one attached hydrogen (secondary N) is 1. The Bertz CT molecular complexity index is 594. The molecule has 3 N–H and O–H groups in total. The van der Waals surface area contributed by atoms with E-state index in [0.717, 1.165) is 58.6 Å². The molecular weight excluding hydrogens is 491 g/mol. The van der Waals surface area contributed by atoms with Gasteiger partial charge in [0.2, 0.25) is 0 Å². The summed E-state index contributed by atoms with van der Waals surface area (Å²) in [5, 5.41) is 3.75. The molecule has 0 aliphatic heterocycles. The molecule has 2 nitrogen and oxygen atoms in total. The van der Waals surface area contributed by atoms with Crippen LogP contribution >= 0.6 is 22.6 Å². The second-order valence-corrected chi connectivity index (χ2v) is 14.5. The van der Waals surface area contributed by atoms with Gasteiger partial charge in [0.15, 0.2) is 0 Å². The minimum Gasteiger partial charge on any atom is -0.329 e. The number of rotatable bonds is 8. The molecule has 4 aliphatic rings. The predicted octanol–water partition coefficient (Wildman–Crippen LogP) is 7.19. The first-order chi connectivity index (χ1) is 14.8. The fraction of sp³-hybridized carbons (Fsp3) is 1.00. The van der Waals surface area contributed by atoms with Crippen molar-refractivity contribution < 1.29 is 0 Å². The number of alkyl halides is 1. The lowest BCUT2D eigenvalue weighted by Crippen LogP contribution is -2.55. The van der Waals surface area contributed by atoms with Crippen molar-refractivity contribution in [2.75, 3.05) is 13.1 Å². The van der Waals surface area contributed by atoms with Crippen molar-refractivity contribution in [3.8, 4) is 0 Å². The molecule has 3 unspecified atom stereocenters. The minimum atomic E-state index is 0.615. The zero-order valence-electron chi connectivity index (χ0n) is 21.0. The molecule has 0 saturated heterocycles. The lowest BCUT2D eigenvalue weighted by Gasteiger charge is -2.61. The molecule has 4 rings (SSSR count). The SMILES string of the molecule is CC(C)CCC[C@@H](I)[C@H]1CCC2C3CC[C@H]4C[C@@H](NCCN)CC[C@]4(C)C3CC[C@@]21C. The van der Waals surface area contributed by atoms with E-state index < -0.39 is 0 Å². The molecule has 3 heteroatoms. The van der Waals surface area contributed by atoms with Crippen molar-refractivity contribution in [2.45, 2.75) is 115 Å². The molecule has 0 aromatic carbocycles. The number of halogens is 1. The average molecular weight is 543 g/mol. The maximum absolute atomic E-state index is 5.76. The normalized spacial score (nSPS) is 45.8. The van der Waals surface area contributed by atoms with Crippen LogP contribution in [0.5, 0.6) is 0 Å². The highest BCUT2D eigenvalue weighted by atomic mass is 127. The predicted molar refractivity (Wildman–Crippen MR) is 143 cm³/mol. The second-order valence-electron chi connectivity index (χ2n) is 12.9.